The number of para-hydroxylation sites is 1. The lowest BCUT2D eigenvalue weighted by atomic mass is 10.1. The number of hydrogen-bond donors (Lipinski definition) is 0. The van der Waals surface area contributed by atoms with Crippen LogP contribution in [0, 0.1) is 0 Å². The Labute approximate surface area is 110 Å². The Morgan fingerprint density at radius 2 is 2.05 bits per heavy atom. The van der Waals surface area contributed by atoms with Crippen LogP contribution in [0.1, 0.15) is 16.1 Å². The van der Waals surface area contributed by atoms with E-state index in [2.05, 4.69) is 10.2 Å². The number of carbonyl (C=O) groups is 1. The van der Waals surface area contributed by atoms with Gasteiger partial charge >= 0.3 is 0 Å². The fourth-order valence-electron chi connectivity index (χ4n) is 2.25. The SMILES string of the molecule is Cn1cc(C(=O)Cc2cccnn2)c2ccccc21. The summed E-state index contributed by atoms with van der Waals surface area (Å²) in [4.78, 5) is 12.4. The molecule has 0 fully saturated rings. The van der Waals surface area contributed by atoms with E-state index in [4.69, 9.17) is 0 Å². The lowest BCUT2D eigenvalue weighted by Crippen LogP contribution is -2.05. The highest BCUT2D eigenvalue weighted by molar-refractivity contribution is 6.08. The molecule has 2 aromatic heterocycles. The molecule has 94 valence electrons. The van der Waals surface area contributed by atoms with Crippen molar-refractivity contribution in [1.29, 1.82) is 0 Å². The topological polar surface area (TPSA) is 47.8 Å². The lowest BCUT2D eigenvalue weighted by molar-refractivity contribution is 0.0993. The van der Waals surface area contributed by atoms with E-state index in [0.717, 1.165) is 16.5 Å². The molecule has 4 heteroatoms. The number of ketones is 1. The van der Waals surface area contributed by atoms with E-state index in [9.17, 15) is 4.79 Å². The van der Waals surface area contributed by atoms with Crippen LogP contribution >= 0.6 is 0 Å². The number of carbonyl (C=O) groups excluding carboxylic acids is 1. The van der Waals surface area contributed by atoms with Gasteiger partial charge in [0, 0.05) is 35.9 Å². The zero-order valence-corrected chi connectivity index (χ0v) is 10.6. The summed E-state index contributed by atoms with van der Waals surface area (Å²) in [6.07, 6.45) is 3.76. The molecule has 3 aromatic rings. The van der Waals surface area contributed by atoms with Crippen LogP contribution in [0.4, 0.5) is 0 Å². The summed E-state index contributed by atoms with van der Waals surface area (Å²) in [5.74, 6) is 0.0669. The first-order valence-corrected chi connectivity index (χ1v) is 6.09. The van der Waals surface area contributed by atoms with E-state index in [1.807, 2.05) is 48.1 Å². The molecule has 0 saturated heterocycles. The van der Waals surface area contributed by atoms with Gasteiger partial charge in [-0.3, -0.25) is 4.79 Å². The van der Waals surface area contributed by atoms with Gasteiger partial charge in [-0.05, 0) is 18.2 Å². The standard InChI is InChI=1S/C15H13N3O/c1-18-10-13(12-6-2-3-7-14(12)18)15(19)9-11-5-4-8-16-17-11/h2-8,10H,9H2,1H3. The number of aromatic nitrogens is 3. The van der Waals surface area contributed by atoms with Crippen LogP contribution in [0.2, 0.25) is 0 Å². The minimum absolute atomic E-state index is 0.0669. The molecule has 19 heavy (non-hydrogen) atoms. The van der Waals surface area contributed by atoms with Crippen LogP contribution < -0.4 is 0 Å². The highest BCUT2D eigenvalue weighted by Crippen LogP contribution is 2.21. The van der Waals surface area contributed by atoms with Gasteiger partial charge in [-0.15, -0.1) is 0 Å². The number of hydrogen-bond acceptors (Lipinski definition) is 3. The number of benzene rings is 1. The predicted molar refractivity (Wildman–Crippen MR) is 73.0 cm³/mol. The molecule has 3 rings (SSSR count). The lowest BCUT2D eigenvalue weighted by Gasteiger charge is -1.98. The molecule has 0 aliphatic rings. The largest absolute Gasteiger partial charge is 0.350 e. The van der Waals surface area contributed by atoms with Gasteiger partial charge < -0.3 is 4.57 Å². The molecular formula is C15H13N3O. The number of rotatable bonds is 3. The van der Waals surface area contributed by atoms with E-state index in [0.29, 0.717) is 5.69 Å². The summed E-state index contributed by atoms with van der Waals surface area (Å²) in [7, 11) is 1.95. The maximum absolute atomic E-state index is 12.4. The van der Waals surface area contributed by atoms with E-state index >= 15 is 0 Å². The van der Waals surface area contributed by atoms with Gasteiger partial charge in [-0.1, -0.05) is 18.2 Å². The first-order valence-electron chi connectivity index (χ1n) is 6.09. The smallest absolute Gasteiger partial charge is 0.171 e. The zero-order valence-electron chi connectivity index (χ0n) is 10.6. The maximum atomic E-state index is 12.4. The summed E-state index contributed by atoms with van der Waals surface area (Å²) in [5, 5.41) is 8.73. The highest BCUT2D eigenvalue weighted by Gasteiger charge is 2.14. The van der Waals surface area contributed by atoms with E-state index in [1.165, 1.54) is 0 Å². The van der Waals surface area contributed by atoms with Crippen molar-refractivity contribution in [2.75, 3.05) is 0 Å². The second kappa shape index (κ2) is 4.65. The molecule has 0 radical (unpaired) electrons. The first kappa shape index (κ1) is 11.6. The zero-order chi connectivity index (χ0) is 13.2. The van der Waals surface area contributed by atoms with Gasteiger partial charge in [0.05, 0.1) is 12.1 Å². The molecule has 0 unspecified atom stereocenters. The summed E-state index contributed by atoms with van der Waals surface area (Å²) in [6.45, 7) is 0. The molecule has 4 nitrogen and oxygen atoms in total. The van der Waals surface area contributed by atoms with Crippen molar-refractivity contribution in [1.82, 2.24) is 14.8 Å². The van der Waals surface area contributed by atoms with Crippen molar-refractivity contribution in [3.63, 3.8) is 0 Å². The van der Waals surface area contributed by atoms with Crippen LogP contribution in [0.5, 0.6) is 0 Å². The minimum atomic E-state index is 0.0669. The fraction of sp³-hybridized carbons (Fsp3) is 0.133. The molecule has 0 bridgehead atoms. The van der Waals surface area contributed by atoms with Gasteiger partial charge in [-0.2, -0.15) is 10.2 Å². The first-order chi connectivity index (χ1) is 9.25. The van der Waals surface area contributed by atoms with E-state index in [-0.39, 0.29) is 12.2 Å². The van der Waals surface area contributed by atoms with Crippen LogP contribution in [0.3, 0.4) is 0 Å². The fourth-order valence-corrected chi connectivity index (χ4v) is 2.25. The van der Waals surface area contributed by atoms with Gasteiger partial charge in [0.2, 0.25) is 0 Å². The molecule has 1 aromatic carbocycles. The molecule has 0 N–H and O–H groups in total. The van der Waals surface area contributed by atoms with Crippen LogP contribution in [-0.2, 0) is 13.5 Å². The number of nitrogens with zero attached hydrogens (tertiary/aromatic N) is 3. The van der Waals surface area contributed by atoms with Crippen LogP contribution in [0.15, 0.2) is 48.8 Å². The molecule has 0 aliphatic heterocycles. The third-order valence-electron chi connectivity index (χ3n) is 3.17. The van der Waals surface area contributed by atoms with E-state index < -0.39 is 0 Å². The summed E-state index contributed by atoms with van der Waals surface area (Å²) in [5.41, 5.74) is 2.49. The summed E-state index contributed by atoms with van der Waals surface area (Å²) in [6, 6.07) is 11.5. The Hall–Kier alpha value is -2.49. The molecule has 0 spiro atoms. The number of Topliss-reactive ketones (excluding diaryl/α,β-unsaturated/α-hetero) is 1. The van der Waals surface area contributed by atoms with Gasteiger partial charge in [0.15, 0.2) is 5.78 Å². The van der Waals surface area contributed by atoms with E-state index in [1.54, 1.807) is 12.3 Å². The quantitative estimate of drug-likeness (QED) is 0.671. The maximum Gasteiger partial charge on any atom is 0.171 e. The number of fused-ring (bicyclic) bond motifs is 1. The molecule has 0 atom stereocenters. The molecular weight excluding hydrogens is 238 g/mol. The van der Waals surface area contributed by atoms with Crippen molar-refractivity contribution in [2.45, 2.75) is 6.42 Å². The van der Waals surface area contributed by atoms with Gasteiger partial charge in [-0.25, -0.2) is 0 Å². The molecule has 2 heterocycles. The Kier molecular flexibility index (Phi) is 2.83. The average Bonchev–Trinajstić information content (AvgIpc) is 2.78. The normalized spacial score (nSPS) is 10.8. The second-order valence-electron chi connectivity index (χ2n) is 4.49. The Morgan fingerprint density at radius 3 is 2.84 bits per heavy atom. The van der Waals surface area contributed by atoms with Crippen molar-refractivity contribution in [3.8, 4) is 0 Å². The van der Waals surface area contributed by atoms with Crippen molar-refractivity contribution in [2.24, 2.45) is 7.05 Å². The average molecular weight is 251 g/mol. The van der Waals surface area contributed by atoms with Crippen LogP contribution in [-0.4, -0.2) is 20.5 Å². The van der Waals surface area contributed by atoms with Gasteiger partial charge in [0.1, 0.15) is 0 Å². The third-order valence-corrected chi connectivity index (χ3v) is 3.17. The molecule has 0 amide bonds. The van der Waals surface area contributed by atoms with Crippen molar-refractivity contribution < 1.29 is 4.79 Å². The Balaban J connectivity index is 1.98. The van der Waals surface area contributed by atoms with Crippen molar-refractivity contribution >= 4 is 16.7 Å². The van der Waals surface area contributed by atoms with Crippen LogP contribution in [0.25, 0.3) is 10.9 Å². The van der Waals surface area contributed by atoms with Gasteiger partial charge in [0.25, 0.3) is 0 Å². The molecule has 0 aliphatic carbocycles. The second-order valence-corrected chi connectivity index (χ2v) is 4.49. The van der Waals surface area contributed by atoms with Crippen molar-refractivity contribution in [3.05, 3.63) is 60.0 Å². The third kappa shape index (κ3) is 2.12. The predicted octanol–water partition coefficient (Wildman–Crippen LogP) is 2.39. The monoisotopic (exact) mass is 251 g/mol. The molecule has 0 saturated carbocycles. The number of aryl methyl sites for hydroxylation is 1. The highest BCUT2D eigenvalue weighted by atomic mass is 16.1. The summed E-state index contributed by atoms with van der Waals surface area (Å²) >= 11 is 0. The Bertz CT molecular complexity index is 731. The Morgan fingerprint density at radius 1 is 1.21 bits per heavy atom. The minimum Gasteiger partial charge on any atom is -0.350 e. The summed E-state index contributed by atoms with van der Waals surface area (Å²) < 4.78 is 1.97.